The van der Waals surface area contributed by atoms with E-state index in [4.69, 9.17) is 5.73 Å². The van der Waals surface area contributed by atoms with E-state index in [0.29, 0.717) is 0 Å². The molecule has 1 unspecified atom stereocenters. The van der Waals surface area contributed by atoms with Gasteiger partial charge in [-0.3, -0.25) is 4.79 Å². The quantitative estimate of drug-likeness (QED) is 0.778. The molecule has 1 aromatic rings. The second-order valence-electron chi connectivity index (χ2n) is 3.89. The molecule has 0 aliphatic rings. The van der Waals surface area contributed by atoms with Crippen molar-refractivity contribution in [2.24, 2.45) is 5.73 Å². The Morgan fingerprint density at radius 2 is 2.29 bits per heavy atom. The summed E-state index contributed by atoms with van der Waals surface area (Å²) in [5.74, 6) is 0.0677. The van der Waals surface area contributed by atoms with Gasteiger partial charge in [0.25, 0.3) is 0 Å². The van der Waals surface area contributed by atoms with Gasteiger partial charge in [-0.2, -0.15) is 0 Å². The molecule has 0 fully saturated rings. The van der Waals surface area contributed by atoms with E-state index >= 15 is 0 Å². The number of ketones is 1. The maximum absolute atomic E-state index is 12.0. The maximum atomic E-state index is 12.0. The minimum atomic E-state index is -0.708. The van der Waals surface area contributed by atoms with Crippen LogP contribution in [-0.4, -0.2) is 11.3 Å². The van der Waals surface area contributed by atoms with Gasteiger partial charge < -0.3 is 5.73 Å². The van der Waals surface area contributed by atoms with E-state index in [1.54, 1.807) is 11.3 Å². The zero-order valence-corrected chi connectivity index (χ0v) is 9.78. The van der Waals surface area contributed by atoms with Gasteiger partial charge in [-0.15, -0.1) is 11.3 Å². The second kappa shape index (κ2) is 4.24. The van der Waals surface area contributed by atoms with Crippen LogP contribution in [0.4, 0.5) is 0 Å². The summed E-state index contributed by atoms with van der Waals surface area (Å²) in [6, 6.07) is 1.86. The van der Waals surface area contributed by atoms with Crippen molar-refractivity contribution < 1.29 is 4.79 Å². The molecule has 0 aliphatic carbocycles. The van der Waals surface area contributed by atoms with Gasteiger partial charge in [0.05, 0.1) is 5.54 Å². The van der Waals surface area contributed by atoms with E-state index in [0.717, 1.165) is 23.3 Å². The molecule has 14 heavy (non-hydrogen) atoms. The van der Waals surface area contributed by atoms with Crippen molar-refractivity contribution in [3.8, 4) is 0 Å². The summed E-state index contributed by atoms with van der Waals surface area (Å²) in [7, 11) is 0. The number of carbonyl (C=O) groups is 1. The fraction of sp³-hybridized carbons (Fsp3) is 0.545. The molecular formula is C11H17NOS. The van der Waals surface area contributed by atoms with Crippen LogP contribution < -0.4 is 5.73 Å². The molecule has 0 spiro atoms. The van der Waals surface area contributed by atoms with E-state index in [1.165, 1.54) is 0 Å². The van der Waals surface area contributed by atoms with Crippen LogP contribution in [0.5, 0.6) is 0 Å². The summed E-state index contributed by atoms with van der Waals surface area (Å²) in [5.41, 5.74) is 6.06. The Morgan fingerprint density at radius 3 is 2.71 bits per heavy atom. The highest BCUT2D eigenvalue weighted by Crippen LogP contribution is 2.22. The molecule has 2 nitrogen and oxygen atoms in total. The number of Topliss-reactive ketones (excluding diaryl/α,β-unsaturated/α-hetero) is 1. The van der Waals surface area contributed by atoms with Gasteiger partial charge in [-0.05, 0) is 31.7 Å². The van der Waals surface area contributed by atoms with E-state index in [-0.39, 0.29) is 5.78 Å². The van der Waals surface area contributed by atoms with Gasteiger partial charge in [-0.25, -0.2) is 0 Å². The highest BCUT2D eigenvalue weighted by molar-refractivity contribution is 7.10. The van der Waals surface area contributed by atoms with E-state index in [2.05, 4.69) is 0 Å². The molecule has 1 aromatic heterocycles. The third-order valence-electron chi connectivity index (χ3n) is 2.39. The Hall–Kier alpha value is -0.670. The number of carbonyl (C=O) groups excluding carboxylic acids is 1. The van der Waals surface area contributed by atoms with Crippen LogP contribution in [0.1, 0.15) is 41.9 Å². The number of nitrogens with two attached hydrogens (primary N) is 1. The monoisotopic (exact) mass is 211 g/mol. The molecular weight excluding hydrogens is 194 g/mol. The van der Waals surface area contributed by atoms with Gasteiger partial charge in [0.2, 0.25) is 0 Å². The first-order valence-electron chi connectivity index (χ1n) is 4.87. The molecule has 0 saturated carbocycles. The topological polar surface area (TPSA) is 43.1 Å². The summed E-state index contributed by atoms with van der Waals surface area (Å²) >= 11 is 1.59. The lowest BCUT2D eigenvalue weighted by molar-refractivity contribution is 0.0893. The molecule has 1 heterocycles. The summed E-state index contributed by atoms with van der Waals surface area (Å²) in [6.45, 7) is 5.81. The highest BCUT2D eigenvalue weighted by Gasteiger charge is 2.29. The van der Waals surface area contributed by atoms with Gasteiger partial charge in [0, 0.05) is 10.4 Å². The van der Waals surface area contributed by atoms with E-state index in [1.807, 2.05) is 32.2 Å². The molecule has 1 rings (SSSR count). The molecule has 1 atom stereocenters. The third-order valence-corrected chi connectivity index (χ3v) is 3.24. The summed E-state index contributed by atoms with van der Waals surface area (Å²) in [6.07, 6.45) is 1.67. The van der Waals surface area contributed by atoms with Crippen molar-refractivity contribution >= 4 is 17.1 Å². The fourth-order valence-corrected chi connectivity index (χ4v) is 2.26. The standard InChI is InChI=1S/C11H17NOS/c1-4-6-11(3,12)10(13)9-5-7-14-8(9)2/h5,7H,4,6,12H2,1-3H3. The van der Waals surface area contributed by atoms with Crippen LogP contribution in [0.2, 0.25) is 0 Å². The van der Waals surface area contributed by atoms with Crippen LogP contribution in [0.15, 0.2) is 11.4 Å². The number of thiophene rings is 1. The summed E-state index contributed by atoms with van der Waals surface area (Å²) in [5, 5.41) is 1.94. The average Bonchev–Trinajstić information content (AvgIpc) is 2.50. The first-order valence-corrected chi connectivity index (χ1v) is 5.74. The van der Waals surface area contributed by atoms with Crippen LogP contribution in [-0.2, 0) is 0 Å². The third kappa shape index (κ3) is 2.22. The van der Waals surface area contributed by atoms with E-state index < -0.39 is 5.54 Å². The van der Waals surface area contributed by atoms with Crippen LogP contribution in [0, 0.1) is 6.92 Å². The lowest BCUT2D eigenvalue weighted by atomic mass is 9.88. The van der Waals surface area contributed by atoms with E-state index in [9.17, 15) is 4.79 Å². The molecule has 0 aromatic carbocycles. The number of hydrogen-bond donors (Lipinski definition) is 1. The molecule has 0 radical (unpaired) electrons. The molecule has 2 N–H and O–H groups in total. The Bertz CT molecular complexity index is 328. The van der Waals surface area contributed by atoms with Crippen LogP contribution in [0.3, 0.4) is 0 Å². The predicted molar refractivity (Wildman–Crippen MR) is 60.9 cm³/mol. The molecule has 0 bridgehead atoms. The fourth-order valence-electron chi connectivity index (χ4n) is 1.56. The highest BCUT2D eigenvalue weighted by atomic mass is 32.1. The molecule has 0 amide bonds. The largest absolute Gasteiger partial charge is 0.319 e. The van der Waals surface area contributed by atoms with Gasteiger partial charge >= 0.3 is 0 Å². The van der Waals surface area contributed by atoms with Crippen molar-refractivity contribution in [1.82, 2.24) is 0 Å². The number of rotatable bonds is 4. The predicted octanol–water partition coefficient (Wildman–Crippen LogP) is 2.76. The smallest absolute Gasteiger partial charge is 0.183 e. The summed E-state index contributed by atoms with van der Waals surface area (Å²) in [4.78, 5) is 13.1. The van der Waals surface area contributed by atoms with Crippen molar-refractivity contribution in [3.05, 3.63) is 21.9 Å². The minimum Gasteiger partial charge on any atom is -0.319 e. The van der Waals surface area contributed by atoms with Crippen molar-refractivity contribution in [2.45, 2.75) is 39.2 Å². The number of hydrogen-bond acceptors (Lipinski definition) is 3. The zero-order chi connectivity index (χ0) is 10.8. The Kier molecular flexibility index (Phi) is 3.45. The Balaban J connectivity index is 2.90. The molecule has 0 aliphatic heterocycles. The van der Waals surface area contributed by atoms with Crippen LogP contribution in [0.25, 0.3) is 0 Å². The van der Waals surface area contributed by atoms with Crippen molar-refractivity contribution in [3.63, 3.8) is 0 Å². The first-order chi connectivity index (χ1) is 6.49. The van der Waals surface area contributed by atoms with Gasteiger partial charge in [0.15, 0.2) is 5.78 Å². The summed E-state index contributed by atoms with van der Waals surface area (Å²) < 4.78 is 0. The lowest BCUT2D eigenvalue weighted by Gasteiger charge is -2.22. The SMILES string of the molecule is CCCC(C)(N)C(=O)c1ccsc1C. The molecule has 0 saturated heterocycles. The number of aryl methyl sites for hydroxylation is 1. The zero-order valence-electron chi connectivity index (χ0n) is 8.96. The average molecular weight is 211 g/mol. The Labute approximate surface area is 89.1 Å². The molecule has 78 valence electrons. The lowest BCUT2D eigenvalue weighted by Crippen LogP contribution is -2.44. The first kappa shape index (κ1) is 11.4. The van der Waals surface area contributed by atoms with Gasteiger partial charge in [-0.1, -0.05) is 13.3 Å². The minimum absolute atomic E-state index is 0.0677. The second-order valence-corrected chi connectivity index (χ2v) is 5.01. The van der Waals surface area contributed by atoms with Crippen LogP contribution >= 0.6 is 11.3 Å². The van der Waals surface area contributed by atoms with Crippen molar-refractivity contribution in [1.29, 1.82) is 0 Å². The maximum Gasteiger partial charge on any atom is 0.183 e. The normalized spacial score (nSPS) is 15.1. The van der Waals surface area contributed by atoms with Crippen molar-refractivity contribution in [2.75, 3.05) is 0 Å². The van der Waals surface area contributed by atoms with Gasteiger partial charge in [0.1, 0.15) is 0 Å². The molecule has 3 heteroatoms. The Morgan fingerprint density at radius 1 is 1.64 bits per heavy atom.